The van der Waals surface area contributed by atoms with Crippen molar-refractivity contribution in [2.75, 3.05) is 13.1 Å². The van der Waals surface area contributed by atoms with Gasteiger partial charge in [0.05, 0.1) is 0 Å². The van der Waals surface area contributed by atoms with Crippen molar-refractivity contribution in [3.63, 3.8) is 0 Å². The molecule has 0 atom stereocenters. The van der Waals surface area contributed by atoms with Crippen LogP contribution in [0.25, 0.3) is 0 Å². The van der Waals surface area contributed by atoms with Gasteiger partial charge in [0.2, 0.25) is 0 Å². The molecule has 2 heterocycles. The summed E-state index contributed by atoms with van der Waals surface area (Å²) in [5.41, 5.74) is 0.403. The van der Waals surface area contributed by atoms with Crippen molar-refractivity contribution in [1.29, 1.82) is 0 Å². The van der Waals surface area contributed by atoms with E-state index in [1.807, 2.05) is 10.8 Å². The van der Waals surface area contributed by atoms with Gasteiger partial charge in [-0.3, -0.25) is 0 Å². The molecule has 5 heteroatoms. The molecule has 1 aliphatic rings. The fourth-order valence-corrected chi connectivity index (χ4v) is 2.92. The van der Waals surface area contributed by atoms with Gasteiger partial charge in [-0.15, -0.1) is 12.4 Å². The topological polar surface area (TPSA) is 32.3 Å². The predicted octanol–water partition coefficient (Wildman–Crippen LogP) is 1.72. The van der Waals surface area contributed by atoms with Gasteiger partial charge in [-0.2, -0.15) is 11.3 Å². The Morgan fingerprint density at radius 1 is 1.50 bits per heavy atom. The van der Waals surface area contributed by atoms with E-state index in [9.17, 15) is 5.11 Å². The predicted molar refractivity (Wildman–Crippen MR) is 56.0 cm³/mol. The van der Waals surface area contributed by atoms with Crippen molar-refractivity contribution >= 4 is 39.7 Å². The van der Waals surface area contributed by atoms with E-state index in [0.717, 1.165) is 10.0 Å². The van der Waals surface area contributed by atoms with Crippen LogP contribution in [0.1, 0.15) is 5.56 Å². The van der Waals surface area contributed by atoms with Crippen LogP contribution in [0.15, 0.2) is 15.2 Å². The average Bonchev–Trinajstić information content (AvgIpc) is 2.30. The lowest BCUT2D eigenvalue weighted by atomic mass is 9.91. The van der Waals surface area contributed by atoms with E-state index in [4.69, 9.17) is 0 Å². The molecular weight excluding hydrogens is 262 g/mol. The molecule has 2 N–H and O–H groups in total. The first-order valence-corrected chi connectivity index (χ1v) is 5.11. The maximum atomic E-state index is 9.87. The Hall–Kier alpha value is 0.390. The van der Waals surface area contributed by atoms with Gasteiger partial charge in [-0.1, -0.05) is 0 Å². The zero-order chi connectivity index (χ0) is 7.90. The number of thiophene rings is 1. The number of halogens is 2. The second kappa shape index (κ2) is 3.64. The highest BCUT2D eigenvalue weighted by molar-refractivity contribution is 9.10. The van der Waals surface area contributed by atoms with Crippen LogP contribution in [0.5, 0.6) is 0 Å². The molecule has 1 aromatic heterocycles. The fraction of sp³-hybridized carbons (Fsp3) is 0.429. The summed E-state index contributed by atoms with van der Waals surface area (Å²) >= 11 is 5.01. The van der Waals surface area contributed by atoms with Crippen molar-refractivity contribution in [1.82, 2.24) is 5.32 Å². The fourth-order valence-electron chi connectivity index (χ4n) is 1.17. The Morgan fingerprint density at radius 2 is 2.17 bits per heavy atom. The smallest absolute Gasteiger partial charge is 0.116 e. The first kappa shape index (κ1) is 10.5. The first-order valence-electron chi connectivity index (χ1n) is 3.38. The minimum Gasteiger partial charge on any atom is -0.382 e. The molecule has 0 aromatic carbocycles. The number of β-amino-alcohol motifs (C(OH)–C–C–N with tert-alkyl or cyclic N) is 1. The molecule has 0 bridgehead atoms. The highest BCUT2D eigenvalue weighted by Gasteiger charge is 2.37. The van der Waals surface area contributed by atoms with Crippen molar-refractivity contribution in [3.8, 4) is 0 Å². The standard InChI is InChI=1S/C7H8BrNOS.ClH/c8-6-2-11-1-5(6)7(10)3-9-4-7;/h1-2,9-10H,3-4H2;1H. The number of hydrogen-bond donors (Lipinski definition) is 2. The van der Waals surface area contributed by atoms with Crippen molar-refractivity contribution in [3.05, 3.63) is 20.8 Å². The third-order valence-electron chi connectivity index (χ3n) is 1.95. The molecule has 0 aliphatic carbocycles. The average molecular weight is 271 g/mol. The molecule has 1 aromatic rings. The van der Waals surface area contributed by atoms with Crippen LogP contribution in [0.4, 0.5) is 0 Å². The summed E-state index contributed by atoms with van der Waals surface area (Å²) < 4.78 is 1.02. The van der Waals surface area contributed by atoms with Crippen LogP contribution in [0, 0.1) is 0 Å². The zero-order valence-electron chi connectivity index (χ0n) is 6.21. The summed E-state index contributed by atoms with van der Waals surface area (Å²) in [4.78, 5) is 0. The summed E-state index contributed by atoms with van der Waals surface area (Å²) in [7, 11) is 0. The summed E-state index contributed by atoms with van der Waals surface area (Å²) in [5, 5.41) is 16.9. The van der Waals surface area contributed by atoms with Gasteiger partial charge >= 0.3 is 0 Å². The molecule has 1 saturated heterocycles. The second-order valence-electron chi connectivity index (χ2n) is 2.77. The van der Waals surface area contributed by atoms with Crippen LogP contribution in [0.3, 0.4) is 0 Å². The number of nitrogens with one attached hydrogen (secondary N) is 1. The normalized spacial score (nSPS) is 19.5. The lowest BCUT2D eigenvalue weighted by Gasteiger charge is -2.37. The lowest BCUT2D eigenvalue weighted by molar-refractivity contribution is -0.0148. The minimum absolute atomic E-state index is 0. The Morgan fingerprint density at radius 3 is 2.50 bits per heavy atom. The van der Waals surface area contributed by atoms with Crippen LogP contribution in [-0.4, -0.2) is 18.2 Å². The monoisotopic (exact) mass is 269 g/mol. The Kier molecular flexibility index (Phi) is 3.17. The van der Waals surface area contributed by atoms with E-state index in [1.165, 1.54) is 0 Å². The Labute approximate surface area is 89.5 Å². The van der Waals surface area contributed by atoms with Gasteiger partial charge in [-0.05, 0) is 21.3 Å². The SMILES string of the molecule is Cl.OC1(c2cscc2Br)CNC1. The third kappa shape index (κ3) is 1.54. The van der Waals surface area contributed by atoms with Gasteiger partial charge in [0, 0.05) is 28.5 Å². The van der Waals surface area contributed by atoms with E-state index in [1.54, 1.807) is 11.3 Å². The van der Waals surface area contributed by atoms with Gasteiger partial charge in [0.1, 0.15) is 5.60 Å². The molecule has 1 fully saturated rings. The van der Waals surface area contributed by atoms with E-state index in [2.05, 4.69) is 21.2 Å². The van der Waals surface area contributed by atoms with Gasteiger partial charge in [-0.25, -0.2) is 0 Å². The Bertz CT molecular complexity index is 274. The van der Waals surface area contributed by atoms with Crippen LogP contribution < -0.4 is 5.32 Å². The van der Waals surface area contributed by atoms with Gasteiger partial charge < -0.3 is 10.4 Å². The molecule has 0 amide bonds. The lowest BCUT2D eigenvalue weighted by Crippen LogP contribution is -2.56. The van der Waals surface area contributed by atoms with E-state index in [0.29, 0.717) is 13.1 Å². The highest BCUT2D eigenvalue weighted by atomic mass is 79.9. The van der Waals surface area contributed by atoms with Crippen molar-refractivity contribution < 1.29 is 5.11 Å². The molecule has 0 saturated carbocycles. The van der Waals surface area contributed by atoms with Crippen molar-refractivity contribution in [2.24, 2.45) is 0 Å². The van der Waals surface area contributed by atoms with Crippen LogP contribution >= 0.6 is 39.7 Å². The zero-order valence-corrected chi connectivity index (χ0v) is 9.43. The largest absolute Gasteiger partial charge is 0.382 e. The maximum absolute atomic E-state index is 9.87. The second-order valence-corrected chi connectivity index (χ2v) is 4.37. The summed E-state index contributed by atoms with van der Waals surface area (Å²) in [6, 6.07) is 0. The summed E-state index contributed by atoms with van der Waals surface area (Å²) in [6.45, 7) is 1.34. The van der Waals surface area contributed by atoms with Crippen molar-refractivity contribution in [2.45, 2.75) is 5.60 Å². The maximum Gasteiger partial charge on any atom is 0.116 e. The molecule has 0 unspecified atom stereocenters. The molecule has 2 rings (SSSR count). The minimum atomic E-state index is -0.612. The number of rotatable bonds is 1. The van der Waals surface area contributed by atoms with E-state index in [-0.39, 0.29) is 12.4 Å². The molecule has 2 nitrogen and oxygen atoms in total. The summed E-state index contributed by atoms with van der Waals surface area (Å²) in [5.74, 6) is 0. The van der Waals surface area contributed by atoms with E-state index < -0.39 is 5.60 Å². The van der Waals surface area contributed by atoms with Crippen LogP contribution in [0.2, 0.25) is 0 Å². The molecular formula is C7H9BrClNOS. The van der Waals surface area contributed by atoms with Gasteiger partial charge in [0.15, 0.2) is 0 Å². The molecule has 68 valence electrons. The highest BCUT2D eigenvalue weighted by Crippen LogP contribution is 2.33. The number of aliphatic hydroxyl groups is 1. The van der Waals surface area contributed by atoms with Gasteiger partial charge in [0.25, 0.3) is 0 Å². The Balaban J connectivity index is 0.000000720. The first-order chi connectivity index (χ1) is 5.22. The third-order valence-corrected chi connectivity index (χ3v) is 3.65. The van der Waals surface area contributed by atoms with Crippen LogP contribution in [-0.2, 0) is 5.60 Å². The molecule has 0 spiro atoms. The quantitative estimate of drug-likeness (QED) is 0.814. The van der Waals surface area contributed by atoms with E-state index >= 15 is 0 Å². The molecule has 1 aliphatic heterocycles. The molecule has 0 radical (unpaired) electrons. The summed E-state index contributed by atoms with van der Waals surface area (Å²) in [6.07, 6.45) is 0. The number of hydrogen-bond acceptors (Lipinski definition) is 3. The molecule has 12 heavy (non-hydrogen) atoms.